The third kappa shape index (κ3) is 2.16. The van der Waals surface area contributed by atoms with E-state index in [1.807, 2.05) is 17.5 Å². The van der Waals surface area contributed by atoms with Crippen molar-refractivity contribution < 1.29 is 0 Å². The van der Waals surface area contributed by atoms with Gasteiger partial charge < -0.3 is 9.47 Å². The molecule has 0 N–H and O–H groups in total. The van der Waals surface area contributed by atoms with Crippen LogP contribution in [0.5, 0.6) is 0 Å². The van der Waals surface area contributed by atoms with Crippen molar-refractivity contribution in [2.45, 2.75) is 39.2 Å². The maximum absolute atomic E-state index is 4.65. The molecule has 2 aliphatic rings. The minimum atomic E-state index is 0.682. The van der Waals surface area contributed by atoms with E-state index in [2.05, 4.69) is 37.5 Å². The van der Waals surface area contributed by atoms with Gasteiger partial charge in [0.25, 0.3) is 0 Å². The molecule has 0 amide bonds. The number of nitrogens with zero attached hydrogens (tertiary/aromatic N) is 5. The number of anilines is 1. The van der Waals surface area contributed by atoms with Crippen molar-refractivity contribution in [3.05, 3.63) is 35.0 Å². The summed E-state index contributed by atoms with van der Waals surface area (Å²) in [5.41, 5.74) is 1.52. The van der Waals surface area contributed by atoms with Crippen molar-refractivity contribution in [3.63, 3.8) is 0 Å². The molecule has 0 saturated carbocycles. The van der Waals surface area contributed by atoms with Gasteiger partial charge in [0.15, 0.2) is 0 Å². The molecule has 0 bridgehead atoms. The van der Waals surface area contributed by atoms with E-state index in [-0.39, 0.29) is 0 Å². The first-order chi connectivity index (χ1) is 11.8. The Kier molecular flexibility index (Phi) is 3.33. The van der Waals surface area contributed by atoms with Crippen molar-refractivity contribution in [2.24, 2.45) is 5.92 Å². The van der Waals surface area contributed by atoms with Crippen molar-refractivity contribution in [3.8, 4) is 0 Å². The number of aryl methyl sites for hydroxylation is 3. The first kappa shape index (κ1) is 14.4. The Morgan fingerprint density at radius 2 is 2.12 bits per heavy atom. The summed E-state index contributed by atoms with van der Waals surface area (Å²) < 4.78 is 2.31. The van der Waals surface area contributed by atoms with E-state index in [0.29, 0.717) is 5.92 Å². The van der Waals surface area contributed by atoms with Crippen LogP contribution in [0.25, 0.3) is 10.2 Å². The Balaban J connectivity index is 1.37. The molecule has 3 aromatic heterocycles. The average Bonchev–Trinajstić information content (AvgIpc) is 3.24. The van der Waals surface area contributed by atoms with Crippen molar-refractivity contribution in [1.82, 2.24) is 19.5 Å². The molecule has 0 spiro atoms. The predicted octanol–water partition coefficient (Wildman–Crippen LogP) is 3.08. The summed E-state index contributed by atoms with van der Waals surface area (Å²) in [6, 6.07) is 0. The normalized spacial score (nSPS) is 17.5. The van der Waals surface area contributed by atoms with Crippen LogP contribution in [0, 0.1) is 5.92 Å². The van der Waals surface area contributed by atoms with Crippen LogP contribution in [-0.4, -0.2) is 32.6 Å². The maximum Gasteiger partial charge on any atom is 0.141 e. The highest BCUT2D eigenvalue weighted by molar-refractivity contribution is 7.19. The molecule has 4 heterocycles. The Labute approximate surface area is 145 Å². The number of aromatic nitrogens is 4. The molecule has 1 aliphatic carbocycles. The number of hydrogen-bond acceptors (Lipinski definition) is 5. The fourth-order valence-electron chi connectivity index (χ4n) is 4.11. The number of hydrogen-bond donors (Lipinski definition) is 0. The van der Waals surface area contributed by atoms with Gasteiger partial charge in [-0.2, -0.15) is 0 Å². The monoisotopic (exact) mass is 339 g/mol. The Hall–Kier alpha value is -1.95. The zero-order valence-electron chi connectivity index (χ0n) is 13.9. The number of rotatable bonds is 4. The number of imidazole rings is 1. The number of thiophene rings is 1. The van der Waals surface area contributed by atoms with Gasteiger partial charge in [-0.15, -0.1) is 11.3 Å². The lowest BCUT2D eigenvalue weighted by molar-refractivity contribution is 0.351. The van der Waals surface area contributed by atoms with E-state index in [1.165, 1.54) is 45.7 Å². The standard InChI is InChI=1S/C18H21N5S/c1-2-15-19-6-7-22(15)8-12-9-23(10-12)17-16-13-4-3-5-14(13)24-18(16)21-11-20-17/h6-7,11-12H,2-5,8-10H2,1H3. The molecular weight excluding hydrogens is 318 g/mol. The van der Waals surface area contributed by atoms with Crippen LogP contribution in [0.1, 0.15) is 29.6 Å². The van der Waals surface area contributed by atoms with Crippen molar-refractivity contribution in [1.29, 1.82) is 0 Å². The summed E-state index contributed by atoms with van der Waals surface area (Å²) in [5.74, 6) is 3.03. The van der Waals surface area contributed by atoms with Gasteiger partial charge in [-0.25, -0.2) is 15.0 Å². The molecular formula is C18H21N5S. The molecule has 0 radical (unpaired) electrons. The van der Waals surface area contributed by atoms with E-state index in [0.717, 1.165) is 31.9 Å². The van der Waals surface area contributed by atoms with Gasteiger partial charge in [-0.05, 0) is 24.8 Å². The average molecular weight is 339 g/mol. The smallest absolute Gasteiger partial charge is 0.141 e. The minimum absolute atomic E-state index is 0.682. The van der Waals surface area contributed by atoms with E-state index in [4.69, 9.17) is 0 Å². The molecule has 1 fully saturated rings. The van der Waals surface area contributed by atoms with Crippen LogP contribution < -0.4 is 4.90 Å². The highest BCUT2D eigenvalue weighted by Crippen LogP contribution is 2.41. The largest absolute Gasteiger partial charge is 0.355 e. The van der Waals surface area contributed by atoms with Gasteiger partial charge in [0.2, 0.25) is 0 Å². The topological polar surface area (TPSA) is 46.8 Å². The predicted molar refractivity (Wildman–Crippen MR) is 96.7 cm³/mol. The molecule has 5 rings (SSSR count). The number of fused-ring (bicyclic) bond motifs is 3. The second-order valence-electron chi connectivity index (χ2n) is 6.86. The van der Waals surface area contributed by atoms with Gasteiger partial charge in [0.05, 0.1) is 5.39 Å². The van der Waals surface area contributed by atoms with Crippen LogP contribution in [0.3, 0.4) is 0 Å². The quantitative estimate of drug-likeness (QED) is 0.733. The summed E-state index contributed by atoms with van der Waals surface area (Å²) in [6.07, 6.45) is 10.5. The maximum atomic E-state index is 4.65. The third-order valence-electron chi connectivity index (χ3n) is 5.31. The molecule has 0 atom stereocenters. The van der Waals surface area contributed by atoms with Crippen LogP contribution in [0.2, 0.25) is 0 Å². The zero-order chi connectivity index (χ0) is 16.1. The van der Waals surface area contributed by atoms with Crippen LogP contribution in [0.15, 0.2) is 18.7 Å². The summed E-state index contributed by atoms with van der Waals surface area (Å²) in [4.78, 5) is 18.7. The van der Waals surface area contributed by atoms with E-state index >= 15 is 0 Å². The minimum Gasteiger partial charge on any atom is -0.355 e. The van der Waals surface area contributed by atoms with Gasteiger partial charge in [-0.1, -0.05) is 6.92 Å². The fraction of sp³-hybridized carbons (Fsp3) is 0.500. The molecule has 0 aromatic carbocycles. The summed E-state index contributed by atoms with van der Waals surface area (Å²) in [6.45, 7) is 5.40. The summed E-state index contributed by atoms with van der Waals surface area (Å²) >= 11 is 1.87. The van der Waals surface area contributed by atoms with Gasteiger partial charge in [0, 0.05) is 49.2 Å². The molecule has 0 unspecified atom stereocenters. The molecule has 124 valence electrons. The molecule has 1 saturated heterocycles. The molecule has 24 heavy (non-hydrogen) atoms. The van der Waals surface area contributed by atoms with E-state index < -0.39 is 0 Å². The van der Waals surface area contributed by atoms with Crippen LogP contribution in [-0.2, 0) is 25.8 Å². The Bertz CT molecular complexity index is 890. The second-order valence-corrected chi connectivity index (χ2v) is 7.94. The van der Waals surface area contributed by atoms with Gasteiger partial charge in [0.1, 0.15) is 22.8 Å². The lowest BCUT2D eigenvalue weighted by Gasteiger charge is -2.40. The first-order valence-corrected chi connectivity index (χ1v) is 9.65. The third-order valence-corrected chi connectivity index (χ3v) is 6.51. The van der Waals surface area contributed by atoms with E-state index in [9.17, 15) is 0 Å². The van der Waals surface area contributed by atoms with E-state index in [1.54, 1.807) is 6.33 Å². The molecule has 1 aliphatic heterocycles. The lowest BCUT2D eigenvalue weighted by Crippen LogP contribution is -2.49. The summed E-state index contributed by atoms with van der Waals surface area (Å²) in [7, 11) is 0. The highest BCUT2D eigenvalue weighted by Gasteiger charge is 2.31. The second kappa shape index (κ2) is 5.55. The van der Waals surface area contributed by atoms with Crippen LogP contribution >= 0.6 is 11.3 Å². The highest BCUT2D eigenvalue weighted by atomic mass is 32.1. The molecule has 6 heteroatoms. The van der Waals surface area contributed by atoms with Crippen molar-refractivity contribution in [2.75, 3.05) is 18.0 Å². The van der Waals surface area contributed by atoms with Gasteiger partial charge in [-0.3, -0.25) is 0 Å². The summed E-state index contributed by atoms with van der Waals surface area (Å²) in [5, 5.41) is 1.34. The molecule has 5 nitrogen and oxygen atoms in total. The van der Waals surface area contributed by atoms with Crippen molar-refractivity contribution >= 4 is 27.4 Å². The Morgan fingerprint density at radius 1 is 1.21 bits per heavy atom. The van der Waals surface area contributed by atoms with Gasteiger partial charge >= 0.3 is 0 Å². The Morgan fingerprint density at radius 3 is 3.00 bits per heavy atom. The lowest BCUT2D eigenvalue weighted by atomic mass is 9.99. The SMILES string of the molecule is CCc1nccn1CC1CN(c2ncnc3sc4c(c23)CCC4)C1. The first-order valence-electron chi connectivity index (χ1n) is 8.83. The fourth-order valence-corrected chi connectivity index (χ4v) is 5.33. The van der Waals surface area contributed by atoms with Crippen LogP contribution in [0.4, 0.5) is 5.82 Å². The molecule has 3 aromatic rings. The zero-order valence-corrected chi connectivity index (χ0v) is 14.7.